The van der Waals surface area contributed by atoms with Crippen LogP contribution in [0.25, 0.3) is 11.1 Å². The van der Waals surface area contributed by atoms with Crippen molar-refractivity contribution >= 4 is 0 Å². The van der Waals surface area contributed by atoms with E-state index in [0.29, 0.717) is 0 Å². The van der Waals surface area contributed by atoms with Crippen molar-refractivity contribution < 1.29 is 42.1 Å². The van der Waals surface area contributed by atoms with Crippen molar-refractivity contribution in [2.75, 3.05) is 0 Å². The topological polar surface area (TPSA) is 80.9 Å². The van der Waals surface area contributed by atoms with E-state index in [-0.39, 0.29) is 45.4 Å². The molecule has 2 aromatic rings. The molecule has 27 heavy (non-hydrogen) atoms. The quantitative estimate of drug-likeness (QED) is 0.511. The number of phenolic OH excluding ortho intramolecular Hbond substituents is 2. The Hall–Kier alpha value is -1.33. The summed E-state index contributed by atoms with van der Waals surface area (Å²) in [7, 11) is 0. The van der Waals surface area contributed by atoms with Crippen LogP contribution in [0.15, 0.2) is 24.3 Å². The Morgan fingerprint density at radius 3 is 1.00 bits per heavy atom. The molecule has 0 heterocycles. The van der Waals surface area contributed by atoms with Crippen LogP contribution in [0.1, 0.15) is 49.9 Å². The number of aryl methyl sites for hydroxylation is 4. The summed E-state index contributed by atoms with van der Waals surface area (Å²) < 4.78 is 0. The molecular formula is C22H34O4Ti. The number of aliphatic hydroxyl groups is 2. The molecule has 0 bridgehead atoms. The van der Waals surface area contributed by atoms with Gasteiger partial charge in [0.25, 0.3) is 0 Å². The fourth-order valence-electron chi connectivity index (χ4n) is 2.54. The van der Waals surface area contributed by atoms with E-state index >= 15 is 0 Å². The third kappa shape index (κ3) is 10.6. The molecule has 0 spiro atoms. The van der Waals surface area contributed by atoms with Gasteiger partial charge < -0.3 is 20.4 Å². The van der Waals surface area contributed by atoms with Crippen molar-refractivity contribution in [1.82, 2.24) is 0 Å². The average molecular weight is 410 g/mol. The second-order valence-corrected chi connectivity index (χ2v) is 7.14. The molecule has 0 radical (unpaired) electrons. The Kier molecular flexibility index (Phi) is 13.4. The maximum atomic E-state index is 10.1. The van der Waals surface area contributed by atoms with Gasteiger partial charge in [0.2, 0.25) is 0 Å². The smallest absolute Gasteiger partial charge is 0.124 e. The van der Waals surface area contributed by atoms with Gasteiger partial charge in [0.05, 0.1) is 0 Å². The third-order valence-electron chi connectivity index (χ3n) is 3.17. The number of aliphatic hydroxyl groups excluding tert-OH is 2. The van der Waals surface area contributed by atoms with E-state index in [1.165, 1.54) is 0 Å². The standard InChI is InChI=1S/C16H18O2.2C3H8O.Ti/c1-9-5-11(3)15(13(17)7-9)16-12(4)6-10(2)8-14(16)18;2*1-3(2)4;/h5-8,17-18H,1-4H3;2*3-4H,1-2H3;. The first-order chi connectivity index (χ1) is 11.9. The van der Waals surface area contributed by atoms with E-state index in [0.717, 1.165) is 33.4 Å². The SMILES string of the molecule is CC(C)O.CC(C)O.Cc1cc(C)c(-c2c(C)cc(C)cc2O)c(O)c1.[Ti]. The number of benzene rings is 2. The van der Waals surface area contributed by atoms with E-state index in [1.54, 1.807) is 39.8 Å². The molecule has 0 aliphatic rings. The first-order valence-corrected chi connectivity index (χ1v) is 8.83. The van der Waals surface area contributed by atoms with Gasteiger partial charge in [-0.2, -0.15) is 0 Å². The fraction of sp³-hybridized carbons (Fsp3) is 0.455. The van der Waals surface area contributed by atoms with Crippen molar-refractivity contribution in [2.24, 2.45) is 0 Å². The molecule has 0 unspecified atom stereocenters. The van der Waals surface area contributed by atoms with Gasteiger partial charge in [-0.15, -0.1) is 0 Å². The molecule has 0 aliphatic heterocycles. The van der Waals surface area contributed by atoms with Gasteiger partial charge in [-0.1, -0.05) is 12.1 Å². The fourth-order valence-corrected chi connectivity index (χ4v) is 2.54. The zero-order valence-electron chi connectivity index (χ0n) is 17.8. The monoisotopic (exact) mass is 410 g/mol. The van der Waals surface area contributed by atoms with E-state index < -0.39 is 0 Å². The summed E-state index contributed by atoms with van der Waals surface area (Å²) in [5, 5.41) is 36.4. The van der Waals surface area contributed by atoms with Crippen LogP contribution in [0.4, 0.5) is 0 Å². The molecule has 5 heteroatoms. The summed E-state index contributed by atoms with van der Waals surface area (Å²) >= 11 is 0. The molecular weight excluding hydrogens is 376 g/mol. The molecule has 0 saturated heterocycles. The molecule has 0 aliphatic carbocycles. The zero-order chi connectivity index (χ0) is 20.6. The third-order valence-corrected chi connectivity index (χ3v) is 3.17. The molecule has 0 aromatic heterocycles. The van der Waals surface area contributed by atoms with Crippen molar-refractivity contribution in [3.8, 4) is 22.6 Å². The van der Waals surface area contributed by atoms with Gasteiger partial charge in [-0.05, 0) is 89.8 Å². The van der Waals surface area contributed by atoms with Crippen LogP contribution in [0.3, 0.4) is 0 Å². The summed E-state index contributed by atoms with van der Waals surface area (Å²) in [6.45, 7) is 14.7. The van der Waals surface area contributed by atoms with E-state index in [1.807, 2.05) is 39.8 Å². The van der Waals surface area contributed by atoms with Crippen LogP contribution in [-0.4, -0.2) is 32.6 Å². The summed E-state index contributed by atoms with van der Waals surface area (Å²) in [4.78, 5) is 0. The number of aromatic hydroxyl groups is 2. The van der Waals surface area contributed by atoms with Crippen molar-refractivity contribution in [3.05, 3.63) is 46.5 Å². The van der Waals surface area contributed by atoms with Crippen LogP contribution < -0.4 is 0 Å². The molecule has 2 rings (SSSR count). The summed E-state index contributed by atoms with van der Waals surface area (Å²) in [5.74, 6) is 0.435. The summed E-state index contributed by atoms with van der Waals surface area (Å²) in [6.07, 6.45) is -0.333. The molecule has 4 nitrogen and oxygen atoms in total. The maximum Gasteiger partial charge on any atom is 0.124 e. The van der Waals surface area contributed by atoms with Crippen LogP contribution >= 0.6 is 0 Å². The number of phenols is 2. The predicted molar refractivity (Wildman–Crippen MR) is 109 cm³/mol. The second-order valence-electron chi connectivity index (χ2n) is 7.14. The van der Waals surface area contributed by atoms with E-state index in [9.17, 15) is 10.2 Å². The largest absolute Gasteiger partial charge is 0.507 e. The molecule has 2 aromatic carbocycles. The van der Waals surface area contributed by atoms with E-state index in [2.05, 4.69) is 0 Å². The molecule has 0 amide bonds. The first-order valence-electron chi connectivity index (χ1n) is 8.83. The van der Waals surface area contributed by atoms with E-state index in [4.69, 9.17) is 10.2 Å². The van der Waals surface area contributed by atoms with Crippen LogP contribution in [0.2, 0.25) is 0 Å². The number of hydrogen-bond donors (Lipinski definition) is 4. The minimum Gasteiger partial charge on any atom is -0.507 e. The Morgan fingerprint density at radius 1 is 0.593 bits per heavy atom. The van der Waals surface area contributed by atoms with Gasteiger partial charge in [0.15, 0.2) is 0 Å². The Morgan fingerprint density at radius 2 is 0.815 bits per heavy atom. The van der Waals surface area contributed by atoms with Crippen LogP contribution in [0.5, 0.6) is 11.5 Å². The van der Waals surface area contributed by atoms with Crippen molar-refractivity contribution in [2.45, 2.75) is 67.6 Å². The van der Waals surface area contributed by atoms with Gasteiger partial charge in [0.1, 0.15) is 11.5 Å². The Labute approximate surface area is 178 Å². The summed E-state index contributed by atoms with van der Waals surface area (Å²) in [5.41, 5.74) is 5.40. The first kappa shape index (κ1) is 27.9. The molecule has 0 fully saturated rings. The summed E-state index contributed by atoms with van der Waals surface area (Å²) in [6, 6.07) is 7.46. The van der Waals surface area contributed by atoms with Gasteiger partial charge >= 0.3 is 0 Å². The number of rotatable bonds is 1. The maximum absolute atomic E-state index is 10.1. The van der Waals surface area contributed by atoms with Gasteiger partial charge in [0, 0.05) is 45.1 Å². The van der Waals surface area contributed by atoms with Gasteiger partial charge in [-0.25, -0.2) is 0 Å². The predicted octanol–water partition coefficient (Wildman–Crippen LogP) is 4.77. The van der Waals surface area contributed by atoms with Crippen molar-refractivity contribution in [1.29, 1.82) is 0 Å². The molecule has 0 atom stereocenters. The number of hydrogen-bond acceptors (Lipinski definition) is 4. The van der Waals surface area contributed by atoms with Gasteiger partial charge in [-0.3, -0.25) is 0 Å². The molecule has 0 saturated carbocycles. The average Bonchev–Trinajstić information content (AvgIpc) is 2.39. The molecule has 150 valence electrons. The Balaban J connectivity index is 0. The molecule has 4 N–H and O–H groups in total. The van der Waals surface area contributed by atoms with Crippen LogP contribution in [-0.2, 0) is 21.7 Å². The minimum atomic E-state index is -0.167. The van der Waals surface area contributed by atoms with Crippen molar-refractivity contribution in [3.63, 3.8) is 0 Å². The normalized spacial score (nSPS) is 9.78. The second kappa shape index (κ2) is 13.0. The zero-order valence-corrected chi connectivity index (χ0v) is 19.3. The Bertz CT molecular complexity index is 596. The minimum absolute atomic E-state index is 0. The van der Waals surface area contributed by atoms with Crippen LogP contribution in [0, 0.1) is 27.7 Å².